The third-order valence-corrected chi connectivity index (χ3v) is 2.95. The van der Waals surface area contributed by atoms with Crippen molar-refractivity contribution in [3.63, 3.8) is 0 Å². The number of halogens is 3. The molecule has 2 nitrogen and oxygen atoms in total. The summed E-state index contributed by atoms with van der Waals surface area (Å²) in [7, 11) is 0. The molecule has 0 spiro atoms. The van der Waals surface area contributed by atoms with Gasteiger partial charge in [-0.15, -0.1) is 0 Å². The molecule has 0 saturated carbocycles. The van der Waals surface area contributed by atoms with Crippen molar-refractivity contribution >= 4 is 34.6 Å². The smallest absolute Gasteiger partial charge is 0.147 e. The molecule has 2 rings (SSSR count). The fourth-order valence-corrected chi connectivity index (χ4v) is 1.93. The summed E-state index contributed by atoms with van der Waals surface area (Å²) in [6, 6.07) is 11.0. The van der Waals surface area contributed by atoms with Gasteiger partial charge in [-0.05, 0) is 30.3 Å². The highest BCUT2D eigenvalue weighted by Crippen LogP contribution is 2.33. The van der Waals surface area contributed by atoms with E-state index in [1.165, 1.54) is 12.1 Å². The van der Waals surface area contributed by atoms with Crippen LogP contribution < -0.4 is 5.32 Å². The normalized spacial score (nSPS) is 9.89. The Kier molecular flexibility index (Phi) is 3.71. The van der Waals surface area contributed by atoms with Crippen molar-refractivity contribution in [1.29, 1.82) is 5.26 Å². The van der Waals surface area contributed by atoms with Crippen LogP contribution in [0.3, 0.4) is 0 Å². The molecule has 2 aromatic carbocycles. The maximum Gasteiger partial charge on any atom is 0.147 e. The number of benzene rings is 2. The highest BCUT2D eigenvalue weighted by molar-refractivity contribution is 6.39. The first-order valence-electron chi connectivity index (χ1n) is 5.02. The molecule has 0 fully saturated rings. The average Bonchev–Trinajstić information content (AvgIpc) is 2.35. The van der Waals surface area contributed by atoms with Gasteiger partial charge in [0.05, 0.1) is 33.1 Å². The maximum atomic E-state index is 13.7. The van der Waals surface area contributed by atoms with Gasteiger partial charge in [0.1, 0.15) is 5.82 Å². The molecular formula is C13H7Cl2FN2. The highest BCUT2D eigenvalue weighted by atomic mass is 35.5. The molecule has 0 unspecified atom stereocenters. The van der Waals surface area contributed by atoms with Gasteiger partial charge in [-0.3, -0.25) is 0 Å². The van der Waals surface area contributed by atoms with Gasteiger partial charge in [0.25, 0.3) is 0 Å². The fourth-order valence-electron chi connectivity index (χ4n) is 1.44. The average molecular weight is 281 g/mol. The van der Waals surface area contributed by atoms with Crippen LogP contribution in [-0.4, -0.2) is 0 Å². The third-order valence-electron chi connectivity index (χ3n) is 2.32. The van der Waals surface area contributed by atoms with E-state index in [-0.39, 0.29) is 11.3 Å². The minimum absolute atomic E-state index is 0.212. The molecule has 0 atom stereocenters. The predicted molar refractivity (Wildman–Crippen MR) is 70.9 cm³/mol. The van der Waals surface area contributed by atoms with Gasteiger partial charge < -0.3 is 5.32 Å². The number of hydrogen-bond acceptors (Lipinski definition) is 2. The van der Waals surface area contributed by atoms with Crippen molar-refractivity contribution in [3.05, 3.63) is 57.8 Å². The molecule has 0 saturated heterocycles. The van der Waals surface area contributed by atoms with Crippen molar-refractivity contribution in [2.45, 2.75) is 0 Å². The van der Waals surface area contributed by atoms with Crippen molar-refractivity contribution in [1.82, 2.24) is 0 Å². The van der Waals surface area contributed by atoms with Gasteiger partial charge in [-0.2, -0.15) is 5.26 Å². The van der Waals surface area contributed by atoms with Crippen molar-refractivity contribution in [3.8, 4) is 6.07 Å². The standard InChI is InChI=1S/C13H7Cl2FN2/c14-9-2-1-3-10(15)13(9)18-12-5-4-8(7-17)6-11(12)16/h1-6,18H. The lowest BCUT2D eigenvalue weighted by atomic mass is 10.2. The summed E-state index contributed by atoms with van der Waals surface area (Å²) < 4.78 is 13.7. The van der Waals surface area contributed by atoms with Crippen LogP contribution in [-0.2, 0) is 0 Å². The number of anilines is 2. The van der Waals surface area contributed by atoms with Gasteiger partial charge >= 0.3 is 0 Å². The van der Waals surface area contributed by atoms with E-state index in [1.807, 2.05) is 6.07 Å². The van der Waals surface area contributed by atoms with Crippen molar-refractivity contribution < 1.29 is 4.39 Å². The molecule has 0 bridgehead atoms. The molecule has 0 radical (unpaired) electrons. The number of nitrogens with one attached hydrogen (secondary N) is 1. The number of nitrogens with zero attached hydrogens (tertiary/aromatic N) is 1. The minimum atomic E-state index is -0.537. The second-order valence-electron chi connectivity index (χ2n) is 3.53. The van der Waals surface area contributed by atoms with Gasteiger partial charge in [-0.1, -0.05) is 29.3 Å². The Labute approximate surface area is 114 Å². The highest BCUT2D eigenvalue weighted by Gasteiger charge is 2.09. The summed E-state index contributed by atoms with van der Waals surface area (Å²) in [5.41, 5.74) is 0.900. The van der Waals surface area contributed by atoms with Crippen LogP contribution in [0, 0.1) is 17.1 Å². The molecule has 0 amide bonds. The Balaban J connectivity index is 2.38. The first-order chi connectivity index (χ1) is 8.61. The molecule has 5 heteroatoms. The third kappa shape index (κ3) is 2.56. The van der Waals surface area contributed by atoms with Crippen molar-refractivity contribution in [2.75, 3.05) is 5.32 Å². The molecule has 0 aliphatic rings. The van der Waals surface area contributed by atoms with Crippen LogP contribution in [0.25, 0.3) is 0 Å². The summed E-state index contributed by atoms with van der Waals surface area (Å²) in [4.78, 5) is 0. The molecule has 0 heterocycles. The zero-order chi connectivity index (χ0) is 13.1. The second-order valence-corrected chi connectivity index (χ2v) is 4.34. The topological polar surface area (TPSA) is 35.8 Å². The number of nitriles is 1. The maximum absolute atomic E-state index is 13.7. The molecule has 0 aromatic heterocycles. The van der Waals surface area contributed by atoms with E-state index in [0.717, 1.165) is 6.07 Å². The van der Waals surface area contributed by atoms with E-state index in [2.05, 4.69) is 5.32 Å². The lowest BCUT2D eigenvalue weighted by Gasteiger charge is -2.11. The second kappa shape index (κ2) is 5.26. The van der Waals surface area contributed by atoms with Gasteiger partial charge in [0.2, 0.25) is 0 Å². The SMILES string of the molecule is N#Cc1ccc(Nc2c(Cl)cccc2Cl)c(F)c1. The zero-order valence-electron chi connectivity index (χ0n) is 9.05. The summed E-state index contributed by atoms with van der Waals surface area (Å²) in [5, 5.41) is 12.3. The molecule has 0 aliphatic heterocycles. The molecule has 18 heavy (non-hydrogen) atoms. The van der Waals surface area contributed by atoms with Crippen molar-refractivity contribution in [2.24, 2.45) is 0 Å². The van der Waals surface area contributed by atoms with Crippen LogP contribution in [0.2, 0.25) is 10.0 Å². The molecule has 0 aliphatic carbocycles. The van der Waals surface area contributed by atoms with E-state index >= 15 is 0 Å². The zero-order valence-corrected chi connectivity index (χ0v) is 10.6. The molecule has 2 aromatic rings. The predicted octanol–water partition coefficient (Wildman–Crippen LogP) is 4.75. The molecule has 90 valence electrons. The lowest BCUT2D eigenvalue weighted by molar-refractivity contribution is 0.631. The summed E-state index contributed by atoms with van der Waals surface area (Å²) in [6.07, 6.45) is 0. The van der Waals surface area contributed by atoms with Crippen LogP contribution >= 0.6 is 23.2 Å². The van der Waals surface area contributed by atoms with E-state index < -0.39 is 5.82 Å². The Hall–Kier alpha value is -1.76. The first kappa shape index (κ1) is 12.7. The summed E-state index contributed by atoms with van der Waals surface area (Å²) in [5.74, 6) is -0.537. The van der Waals surface area contributed by atoms with Gasteiger partial charge in [0, 0.05) is 0 Å². The minimum Gasteiger partial charge on any atom is -0.351 e. The van der Waals surface area contributed by atoms with Crippen LogP contribution in [0.1, 0.15) is 5.56 Å². The van der Waals surface area contributed by atoms with Crippen LogP contribution in [0.4, 0.5) is 15.8 Å². The van der Waals surface area contributed by atoms with E-state index in [9.17, 15) is 4.39 Å². The van der Waals surface area contributed by atoms with Crippen LogP contribution in [0.5, 0.6) is 0 Å². The lowest BCUT2D eigenvalue weighted by Crippen LogP contribution is -1.96. The monoisotopic (exact) mass is 280 g/mol. The Bertz CT molecular complexity index is 615. The van der Waals surface area contributed by atoms with Crippen LogP contribution in [0.15, 0.2) is 36.4 Å². The number of hydrogen-bond donors (Lipinski definition) is 1. The number of para-hydroxylation sites is 1. The Morgan fingerprint density at radius 1 is 1.11 bits per heavy atom. The molecule has 1 N–H and O–H groups in total. The van der Waals surface area contributed by atoms with E-state index in [4.69, 9.17) is 28.5 Å². The van der Waals surface area contributed by atoms with E-state index in [0.29, 0.717) is 15.7 Å². The molecular weight excluding hydrogens is 274 g/mol. The Morgan fingerprint density at radius 3 is 2.33 bits per heavy atom. The Morgan fingerprint density at radius 2 is 1.78 bits per heavy atom. The van der Waals surface area contributed by atoms with Gasteiger partial charge in [0.15, 0.2) is 0 Å². The van der Waals surface area contributed by atoms with E-state index in [1.54, 1.807) is 18.2 Å². The summed E-state index contributed by atoms with van der Waals surface area (Å²) >= 11 is 11.9. The fraction of sp³-hybridized carbons (Fsp3) is 0. The first-order valence-corrected chi connectivity index (χ1v) is 5.78. The van der Waals surface area contributed by atoms with Gasteiger partial charge in [-0.25, -0.2) is 4.39 Å². The largest absolute Gasteiger partial charge is 0.351 e. The quantitative estimate of drug-likeness (QED) is 0.862. The summed E-state index contributed by atoms with van der Waals surface area (Å²) in [6.45, 7) is 0. The number of rotatable bonds is 2.